The first-order valence-electron chi connectivity index (χ1n) is 6.12. The van der Waals surface area contributed by atoms with Crippen LogP contribution in [-0.4, -0.2) is 23.3 Å². The third-order valence-corrected chi connectivity index (χ3v) is 3.27. The van der Waals surface area contributed by atoms with Gasteiger partial charge in [-0.15, -0.1) is 10.2 Å². The van der Waals surface area contributed by atoms with Gasteiger partial charge in [-0.2, -0.15) is 0 Å². The summed E-state index contributed by atoms with van der Waals surface area (Å²) in [4.78, 5) is 0. The molecule has 1 N–H and O–H groups in total. The van der Waals surface area contributed by atoms with Crippen molar-refractivity contribution in [3.8, 4) is 0 Å². The molecule has 0 spiro atoms. The molecule has 0 saturated carbocycles. The van der Waals surface area contributed by atoms with E-state index < -0.39 is 0 Å². The van der Waals surface area contributed by atoms with Crippen molar-refractivity contribution in [3.05, 3.63) is 11.8 Å². The summed E-state index contributed by atoms with van der Waals surface area (Å²) in [6.07, 6.45) is 5.68. The van der Waals surface area contributed by atoms with Crippen molar-refractivity contribution in [1.82, 2.24) is 15.5 Å². The van der Waals surface area contributed by atoms with Gasteiger partial charge in [0.15, 0.2) is 0 Å². The van der Waals surface area contributed by atoms with E-state index in [1.165, 1.54) is 12.8 Å². The van der Waals surface area contributed by atoms with Crippen LogP contribution in [0.4, 0.5) is 0 Å². The summed E-state index contributed by atoms with van der Waals surface area (Å²) in [6.45, 7) is 1.85. The Balaban J connectivity index is 1.71. The number of nitrogens with one attached hydrogen (secondary N) is 1. The van der Waals surface area contributed by atoms with Gasteiger partial charge in [0.1, 0.15) is 6.10 Å². The molecule has 3 rings (SSSR count). The highest BCUT2D eigenvalue weighted by molar-refractivity contribution is 4.94. The largest absolute Gasteiger partial charge is 0.421 e. The lowest BCUT2D eigenvalue weighted by molar-refractivity contribution is 0.0871. The molecule has 2 aliphatic rings. The van der Waals surface area contributed by atoms with Crippen molar-refractivity contribution in [2.24, 2.45) is 0 Å². The first-order chi connectivity index (χ1) is 7.93. The number of aromatic nitrogens is 2. The molecule has 0 aromatic carbocycles. The van der Waals surface area contributed by atoms with E-state index in [-0.39, 0.29) is 12.1 Å². The number of ether oxygens (including phenoxy) is 1. The van der Waals surface area contributed by atoms with Gasteiger partial charge >= 0.3 is 0 Å². The molecular weight excluding hydrogens is 206 g/mol. The van der Waals surface area contributed by atoms with E-state index in [9.17, 15) is 0 Å². The van der Waals surface area contributed by atoms with Crippen molar-refractivity contribution in [2.75, 3.05) is 13.2 Å². The first kappa shape index (κ1) is 10.2. The minimum Gasteiger partial charge on any atom is -0.421 e. The zero-order valence-corrected chi connectivity index (χ0v) is 9.32. The Morgan fingerprint density at radius 2 is 2.00 bits per heavy atom. The Labute approximate surface area is 94.6 Å². The van der Waals surface area contributed by atoms with Crippen LogP contribution >= 0.6 is 0 Å². The predicted molar refractivity (Wildman–Crippen MR) is 56.8 cm³/mol. The summed E-state index contributed by atoms with van der Waals surface area (Å²) in [5.74, 6) is 1.38. The molecule has 0 bridgehead atoms. The monoisotopic (exact) mass is 223 g/mol. The number of hydrogen-bond donors (Lipinski definition) is 1. The SMILES string of the molecule is C1CC[C@H](c2nnc([C@@H]3CCCO3)o2)NC1. The highest BCUT2D eigenvalue weighted by Crippen LogP contribution is 2.29. The summed E-state index contributed by atoms with van der Waals surface area (Å²) in [5, 5.41) is 11.6. The fraction of sp³-hybridized carbons (Fsp3) is 0.818. The van der Waals surface area contributed by atoms with E-state index in [1.54, 1.807) is 0 Å². The van der Waals surface area contributed by atoms with Gasteiger partial charge in [-0.1, -0.05) is 6.42 Å². The highest BCUT2D eigenvalue weighted by Gasteiger charge is 2.26. The zero-order valence-electron chi connectivity index (χ0n) is 9.32. The van der Waals surface area contributed by atoms with Crippen LogP contribution in [0.5, 0.6) is 0 Å². The van der Waals surface area contributed by atoms with Crippen LogP contribution < -0.4 is 5.32 Å². The Morgan fingerprint density at radius 3 is 2.75 bits per heavy atom. The molecule has 5 nitrogen and oxygen atoms in total. The topological polar surface area (TPSA) is 60.2 Å². The maximum absolute atomic E-state index is 5.70. The molecule has 0 radical (unpaired) electrons. The Kier molecular flexibility index (Phi) is 2.88. The highest BCUT2D eigenvalue weighted by atomic mass is 16.5. The Bertz CT molecular complexity index is 341. The van der Waals surface area contributed by atoms with E-state index in [2.05, 4.69) is 15.5 Å². The van der Waals surface area contributed by atoms with Crippen molar-refractivity contribution in [3.63, 3.8) is 0 Å². The smallest absolute Gasteiger partial charge is 0.245 e. The van der Waals surface area contributed by atoms with Crippen molar-refractivity contribution < 1.29 is 9.15 Å². The lowest BCUT2D eigenvalue weighted by atomic mass is 10.1. The fourth-order valence-electron chi connectivity index (χ4n) is 2.35. The van der Waals surface area contributed by atoms with Gasteiger partial charge in [0, 0.05) is 6.61 Å². The van der Waals surface area contributed by atoms with Gasteiger partial charge in [0.25, 0.3) is 0 Å². The van der Waals surface area contributed by atoms with E-state index in [1.807, 2.05) is 0 Å². The van der Waals surface area contributed by atoms with Crippen LogP contribution in [0.25, 0.3) is 0 Å². The molecule has 5 heteroatoms. The van der Waals surface area contributed by atoms with Crippen LogP contribution in [0.1, 0.15) is 56.0 Å². The predicted octanol–water partition coefficient (Wildman–Crippen LogP) is 1.74. The average Bonchev–Trinajstić information content (AvgIpc) is 3.01. The van der Waals surface area contributed by atoms with E-state index in [4.69, 9.17) is 9.15 Å². The van der Waals surface area contributed by atoms with Crippen LogP contribution in [0.3, 0.4) is 0 Å². The molecule has 0 aliphatic carbocycles. The number of hydrogen-bond acceptors (Lipinski definition) is 5. The molecule has 2 atom stereocenters. The van der Waals surface area contributed by atoms with E-state index in [0.717, 1.165) is 38.3 Å². The van der Waals surface area contributed by atoms with Crippen molar-refractivity contribution in [1.29, 1.82) is 0 Å². The minimum atomic E-state index is 0.0323. The zero-order chi connectivity index (χ0) is 10.8. The molecular formula is C11H17N3O2. The molecule has 3 heterocycles. The second-order valence-electron chi connectivity index (χ2n) is 4.48. The minimum absolute atomic E-state index is 0.0323. The summed E-state index contributed by atoms with van der Waals surface area (Å²) >= 11 is 0. The van der Waals surface area contributed by atoms with Gasteiger partial charge in [0.05, 0.1) is 6.04 Å². The summed E-state index contributed by atoms with van der Waals surface area (Å²) in [5.41, 5.74) is 0. The van der Waals surface area contributed by atoms with Crippen molar-refractivity contribution >= 4 is 0 Å². The van der Waals surface area contributed by atoms with Crippen LogP contribution in [-0.2, 0) is 4.74 Å². The molecule has 0 unspecified atom stereocenters. The fourth-order valence-corrected chi connectivity index (χ4v) is 2.35. The summed E-state index contributed by atoms with van der Waals surface area (Å²) in [7, 11) is 0. The van der Waals surface area contributed by atoms with Gasteiger partial charge in [-0.25, -0.2) is 0 Å². The van der Waals surface area contributed by atoms with Crippen LogP contribution in [0.15, 0.2) is 4.42 Å². The third-order valence-electron chi connectivity index (χ3n) is 3.27. The van der Waals surface area contributed by atoms with Gasteiger partial charge in [-0.3, -0.25) is 0 Å². The summed E-state index contributed by atoms with van der Waals surface area (Å²) < 4.78 is 11.2. The second-order valence-corrected chi connectivity index (χ2v) is 4.48. The maximum atomic E-state index is 5.70. The molecule has 1 aromatic rings. The van der Waals surface area contributed by atoms with Gasteiger partial charge in [-0.05, 0) is 32.2 Å². The molecule has 1 aromatic heterocycles. The lowest BCUT2D eigenvalue weighted by Crippen LogP contribution is -2.26. The summed E-state index contributed by atoms with van der Waals surface area (Å²) in [6, 6.07) is 0.247. The quantitative estimate of drug-likeness (QED) is 0.827. The first-order valence-corrected chi connectivity index (χ1v) is 6.12. The Morgan fingerprint density at radius 1 is 1.06 bits per heavy atom. The average molecular weight is 223 g/mol. The molecule has 2 fully saturated rings. The standard InChI is InChI=1S/C11H17N3O2/c1-2-6-12-8(4-1)10-13-14-11(16-10)9-5-3-7-15-9/h8-9,12H,1-7H2/t8-,9+/m1/s1. The normalized spacial score (nSPS) is 30.8. The molecule has 0 amide bonds. The maximum Gasteiger partial charge on any atom is 0.245 e. The number of rotatable bonds is 2. The van der Waals surface area contributed by atoms with Gasteiger partial charge < -0.3 is 14.5 Å². The lowest BCUT2D eigenvalue weighted by Gasteiger charge is -2.19. The number of piperidine rings is 1. The van der Waals surface area contributed by atoms with Crippen LogP contribution in [0.2, 0.25) is 0 Å². The Hall–Kier alpha value is -0.940. The second kappa shape index (κ2) is 4.51. The van der Waals surface area contributed by atoms with E-state index >= 15 is 0 Å². The third kappa shape index (κ3) is 1.97. The van der Waals surface area contributed by atoms with Crippen molar-refractivity contribution in [2.45, 2.75) is 44.2 Å². The molecule has 2 saturated heterocycles. The molecule has 2 aliphatic heterocycles. The van der Waals surface area contributed by atoms with Gasteiger partial charge in [0.2, 0.25) is 11.8 Å². The molecule has 88 valence electrons. The van der Waals surface area contributed by atoms with E-state index in [0.29, 0.717) is 5.89 Å². The number of nitrogens with zero attached hydrogens (tertiary/aromatic N) is 2. The molecule has 16 heavy (non-hydrogen) atoms. The van der Waals surface area contributed by atoms with Crippen LogP contribution in [0, 0.1) is 0 Å².